The molecule has 1 saturated heterocycles. The van der Waals surface area contributed by atoms with Crippen molar-refractivity contribution in [2.45, 2.75) is 23.2 Å². The van der Waals surface area contributed by atoms with Crippen LogP contribution in [-0.4, -0.2) is 43.9 Å². The number of rotatable bonds is 1. The quantitative estimate of drug-likeness (QED) is 0.586. The van der Waals surface area contributed by atoms with Crippen LogP contribution in [-0.2, 0) is 9.84 Å². The first-order valence-corrected chi connectivity index (χ1v) is 10.7. The highest BCUT2D eigenvalue weighted by molar-refractivity contribution is 7.92. The van der Waals surface area contributed by atoms with Crippen LogP contribution >= 0.6 is 0 Å². The standard InChI is InChI=1S/C21H19F3N2O2S/c1-26-11-8-15(9-12-26)19-18-13-17(29(27,28)21(22,23)24)7-6-14(18)4-5-16-3-2-10-25-20(16)19/h2-7,10,13H,8-9,11-12H2,1H3. The second-order valence-electron chi connectivity index (χ2n) is 7.25. The van der Waals surface area contributed by atoms with Gasteiger partial charge in [-0.25, -0.2) is 8.42 Å². The Morgan fingerprint density at radius 2 is 1.72 bits per heavy atom. The number of sulfone groups is 1. The van der Waals surface area contributed by atoms with Gasteiger partial charge >= 0.3 is 5.51 Å². The minimum Gasteiger partial charge on any atom is -0.306 e. The van der Waals surface area contributed by atoms with Crippen molar-refractivity contribution in [2.75, 3.05) is 20.1 Å². The molecule has 0 bridgehead atoms. The topological polar surface area (TPSA) is 50.3 Å². The molecule has 8 heteroatoms. The van der Waals surface area contributed by atoms with Gasteiger partial charge < -0.3 is 4.90 Å². The third kappa shape index (κ3) is 3.51. The van der Waals surface area contributed by atoms with Gasteiger partial charge in [0, 0.05) is 30.4 Å². The fraction of sp³-hybridized carbons (Fsp3) is 0.286. The van der Waals surface area contributed by atoms with Crippen molar-refractivity contribution in [3.8, 4) is 0 Å². The molecule has 1 aromatic heterocycles. The highest BCUT2D eigenvalue weighted by atomic mass is 32.2. The van der Waals surface area contributed by atoms with E-state index in [1.54, 1.807) is 18.3 Å². The second kappa shape index (κ2) is 7.11. The zero-order valence-corrected chi connectivity index (χ0v) is 16.5. The number of piperidine rings is 1. The van der Waals surface area contributed by atoms with Gasteiger partial charge in [0.25, 0.3) is 9.84 Å². The zero-order valence-electron chi connectivity index (χ0n) is 15.7. The molecule has 1 aliphatic heterocycles. The number of pyridine rings is 1. The first kappa shape index (κ1) is 19.8. The van der Waals surface area contributed by atoms with Gasteiger partial charge in [0.2, 0.25) is 0 Å². The lowest BCUT2D eigenvalue weighted by molar-refractivity contribution is -0.0436. The van der Waals surface area contributed by atoms with Gasteiger partial charge in [0.05, 0.1) is 10.6 Å². The number of likely N-dealkylation sites (tertiary alicyclic amines) is 1. The molecule has 1 aromatic carbocycles. The molecule has 0 N–H and O–H groups in total. The summed E-state index contributed by atoms with van der Waals surface area (Å²) in [5.74, 6) is 0. The van der Waals surface area contributed by atoms with Gasteiger partial charge in [-0.3, -0.25) is 4.98 Å². The normalized spacial score (nSPS) is 17.7. The molecule has 1 fully saturated rings. The Hall–Kier alpha value is -2.45. The summed E-state index contributed by atoms with van der Waals surface area (Å²) in [6, 6.07) is 7.30. The Balaban J connectivity index is 1.98. The van der Waals surface area contributed by atoms with Crippen molar-refractivity contribution in [3.63, 3.8) is 0 Å². The van der Waals surface area contributed by atoms with E-state index >= 15 is 0 Å². The minimum atomic E-state index is -5.44. The first-order chi connectivity index (χ1) is 13.7. The minimum absolute atomic E-state index is 0.476. The van der Waals surface area contributed by atoms with Crippen LogP contribution in [0.1, 0.15) is 35.2 Å². The Labute approximate surface area is 167 Å². The summed E-state index contributed by atoms with van der Waals surface area (Å²) in [6.45, 7) is 1.65. The average molecular weight is 420 g/mol. The van der Waals surface area contributed by atoms with Crippen LogP contribution in [0.3, 0.4) is 0 Å². The van der Waals surface area contributed by atoms with E-state index in [-0.39, 0.29) is 0 Å². The second-order valence-corrected chi connectivity index (χ2v) is 9.20. The van der Waals surface area contributed by atoms with Crippen molar-refractivity contribution >= 4 is 27.6 Å². The van der Waals surface area contributed by atoms with Crippen LogP contribution in [0.2, 0.25) is 0 Å². The molecule has 0 amide bonds. The fourth-order valence-electron chi connectivity index (χ4n) is 3.76. The lowest BCUT2D eigenvalue weighted by atomic mass is 9.88. The molecule has 152 valence electrons. The van der Waals surface area contributed by atoms with Gasteiger partial charge in [0.15, 0.2) is 0 Å². The van der Waals surface area contributed by atoms with Gasteiger partial charge in [-0.1, -0.05) is 29.9 Å². The summed E-state index contributed by atoms with van der Waals surface area (Å²) >= 11 is 0. The maximum atomic E-state index is 13.1. The van der Waals surface area contributed by atoms with Crippen molar-refractivity contribution in [3.05, 3.63) is 64.5 Å². The summed E-state index contributed by atoms with van der Waals surface area (Å²) in [7, 11) is -3.42. The van der Waals surface area contributed by atoms with Crippen LogP contribution in [0, 0.1) is 0 Å². The molecule has 0 spiro atoms. The fourth-order valence-corrected chi connectivity index (χ4v) is 4.55. The average Bonchev–Trinajstić information content (AvgIpc) is 2.84. The van der Waals surface area contributed by atoms with E-state index in [0.717, 1.165) is 54.8 Å². The lowest BCUT2D eigenvalue weighted by Crippen LogP contribution is -2.27. The smallest absolute Gasteiger partial charge is 0.306 e. The zero-order chi connectivity index (χ0) is 20.8. The molecule has 0 unspecified atom stereocenters. The summed E-state index contributed by atoms with van der Waals surface area (Å²) in [5.41, 5.74) is -0.857. The highest BCUT2D eigenvalue weighted by Crippen LogP contribution is 2.40. The number of hydrogen-bond donors (Lipinski definition) is 0. The number of aromatic nitrogens is 1. The lowest BCUT2D eigenvalue weighted by Gasteiger charge is -2.27. The van der Waals surface area contributed by atoms with Crippen LogP contribution in [0.4, 0.5) is 13.2 Å². The Morgan fingerprint density at radius 3 is 2.41 bits per heavy atom. The molecule has 4 rings (SSSR count). The molecule has 4 nitrogen and oxygen atoms in total. The molecule has 2 aromatic rings. The largest absolute Gasteiger partial charge is 0.501 e. The first-order valence-electron chi connectivity index (χ1n) is 9.18. The number of hydrogen-bond acceptors (Lipinski definition) is 4. The number of halogens is 3. The monoisotopic (exact) mass is 420 g/mol. The van der Waals surface area contributed by atoms with E-state index in [4.69, 9.17) is 0 Å². The van der Waals surface area contributed by atoms with Crippen LogP contribution in [0.5, 0.6) is 0 Å². The molecule has 0 atom stereocenters. The predicted octanol–water partition coefficient (Wildman–Crippen LogP) is 4.39. The highest BCUT2D eigenvalue weighted by Gasteiger charge is 2.47. The van der Waals surface area contributed by atoms with Gasteiger partial charge in [-0.05, 0) is 49.2 Å². The summed E-state index contributed by atoms with van der Waals surface area (Å²) in [5, 5.41) is 0. The molecular weight excluding hydrogens is 401 g/mol. The van der Waals surface area contributed by atoms with E-state index < -0.39 is 20.2 Å². The summed E-state index contributed by atoms with van der Waals surface area (Å²) < 4.78 is 63.4. The molecule has 1 aliphatic carbocycles. The number of alkyl halides is 3. The van der Waals surface area contributed by atoms with Crippen molar-refractivity contribution < 1.29 is 21.6 Å². The van der Waals surface area contributed by atoms with Crippen molar-refractivity contribution in [1.29, 1.82) is 0 Å². The Bertz CT molecular complexity index is 1120. The predicted molar refractivity (Wildman–Crippen MR) is 106 cm³/mol. The summed E-state index contributed by atoms with van der Waals surface area (Å²) in [4.78, 5) is 5.94. The van der Waals surface area contributed by atoms with Crippen LogP contribution < -0.4 is 0 Å². The number of nitrogens with zero attached hydrogens (tertiary/aromatic N) is 2. The van der Waals surface area contributed by atoms with Crippen molar-refractivity contribution in [2.24, 2.45) is 0 Å². The van der Waals surface area contributed by atoms with Crippen molar-refractivity contribution in [1.82, 2.24) is 9.88 Å². The molecule has 0 saturated carbocycles. The summed E-state index contributed by atoms with van der Waals surface area (Å²) in [6.07, 6.45) is 6.79. The molecule has 2 aliphatic rings. The van der Waals surface area contributed by atoms with E-state index in [0.29, 0.717) is 16.8 Å². The SMILES string of the molecule is CN1CCC(=C2c3cc(S(=O)(=O)C(F)(F)F)ccc3C=Cc3cccnc32)CC1. The maximum absolute atomic E-state index is 13.1. The van der Waals surface area contributed by atoms with Gasteiger partial charge in [-0.2, -0.15) is 13.2 Å². The maximum Gasteiger partial charge on any atom is 0.501 e. The third-order valence-corrected chi connectivity index (χ3v) is 6.86. The molecule has 29 heavy (non-hydrogen) atoms. The number of benzene rings is 1. The molecular formula is C21H19F3N2O2S. The third-order valence-electron chi connectivity index (χ3n) is 5.37. The molecule has 2 heterocycles. The van der Waals surface area contributed by atoms with Crippen LogP contribution in [0.25, 0.3) is 17.7 Å². The Kier molecular flexibility index (Phi) is 4.86. The Morgan fingerprint density at radius 1 is 1.03 bits per heavy atom. The van der Waals surface area contributed by atoms with E-state index in [1.807, 2.05) is 19.2 Å². The van der Waals surface area contributed by atoms with Gasteiger partial charge in [-0.15, -0.1) is 0 Å². The van der Waals surface area contributed by atoms with E-state index in [2.05, 4.69) is 9.88 Å². The van der Waals surface area contributed by atoms with Gasteiger partial charge in [0.1, 0.15) is 0 Å². The van der Waals surface area contributed by atoms with E-state index in [1.165, 1.54) is 6.07 Å². The molecule has 0 radical (unpaired) electrons. The van der Waals surface area contributed by atoms with E-state index in [9.17, 15) is 21.6 Å². The van der Waals surface area contributed by atoms with Crippen LogP contribution in [0.15, 0.2) is 47.0 Å². The number of fused-ring (bicyclic) bond motifs is 2.